The van der Waals surface area contributed by atoms with Gasteiger partial charge in [-0.05, 0) is 18.2 Å². The second-order valence-electron chi connectivity index (χ2n) is 3.53. The molecule has 8 heteroatoms. The molecule has 1 aromatic carbocycles. The number of hydrogen-bond acceptors (Lipinski definition) is 3. The summed E-state index contributed by atoms with van der Waals surface area (Å²) in [6, 6.07) is 2.87. The van der Waals surface area contributed by atoms with Gasteiger partial charge in [-0.15, -0.1) is 11.3 Å². The minimum absolute atomic E-state index is 0.105. The first kappa shape index (κ1) is 13.8. The van der Waals surface area contributed by atoms with Gasteiger partial charge in [0.1, 0.15) is 0 Å². The molecule has 0 spiro atoms. The van der Waals surface area contributed by atoms with Crippen LogP contribution in [-0.4, -0.2) is 16.1 Å². The van der Waals surface area contributed by atoms with Gasteiger partial charge in [-0.3, -0.25) is 0 Å². The Hall–Kier alpha value is -1.60. The maximum Gasteiger partial charge on any atom is 0.416 e. The molecular weight excluding hydrogens is 303 g/mol. The van der Waals surface area contributed by atoms with E-state index in [0.717, 1.165) is 29.5 Å². The molecular formula is C11H5ClF3NO2S. The minimum Gasteiger partial charge on any atom is -0.476 e. The fraction of sp³-hybridized carbons (Fsp3) is 0.0909. The molecule has 2 rings (SSSR count). The number of thiazole rings is 1. The Kier molecular flexibility index (Phi) is 3.51. The Bertz CT molecular complexity index is 639. The highest BCUT2D eigenvalue weighted by molar-refractivity contribution is 7.16. The minimum atomic E-state index is -4.49. The maximum absolute atomic E-state index is 12.6. The molecule has 1 heterocycles. The number of nitrogens with zero attached hydrogens (tertiary/aromatic N) is 1. The summed E-state index contributed by atoms with van der Waals surface area (Å²) in [5.74, 6) is -1.24. The van der Waals surface area contributed by atoms with Crippen molar-refractivity contribution in [3.63, 3.8) is 0 Å². The highest BCUT2D eigenvalue weighted by Gasteiger charge is 2.31. The average molecular weight is 308 g/mol. The molecule has 19 heavy (non-hydrogen) atoms. The number of carboxylic acid groups (broad SMARTS) is 1. The lowest BCUT2D eigenvalue weighted by molar-refractivity contribution is -0.137. The number of carboxylic acids is 1. The van der Waals surface area contributed by atoms with E-state index in [2.05, 4.69) is 4.98 Å². The van der Waals surface area contributed by atoms with E-state index in [1.807, 2.05) is 0 Å². The number of carbonyl (C=O) groups is 1. The topological polar surface area (TPSA) is 50.2 Å². The summed E-state index contributed by atoms with van der Waals surface area (Å²) in [7, 11) is 0. The van der Waals surface area contributed by atoms with Crippen LogP contribution in [0.3, 0.4) is 0 Å². The summed E-state index contributed by atoms with van der Waals surface area (Å²) >= 11 is 6.60. The zero-order chi connectivity index (χ0) is 14.2. The lowest BCUT2D eigenvalue weighted by Gasteiger charge is -2.09. The van der Waals surface area contributed by atoms with Crippen LogP contribution < -0.4 is 0 Å². The van der Waals surface area contributed by atoms with Crippen LogP contribution in [0.15, 0.2) is 24.4 Å². The van der Waals surface area contributed by atoms with Crippen molar-refractivity contribution >= 4 is 28.9 Å². The second kappa shape index (κ2) is 4.82. The van der Waals surface area contributed by atoms with Crippen LogP contribution in [0.5, 0.6) is 0 Å². The fourth-order valence-electron chi connectivity index (χ4n) is 1.39. The molecule has 1 N–H and O–H groups in total. The van der Waals surface area contributed by atoms with E-state index in [-0.39, 0.29) is 20.5 Å². The van der Waals surface area contributed by atoms with Gasteiger partial charge in [-0.25, -0.2) is 9.78 Å². The number of alkyl halides is 3. The van der Waals surface area contributed by atoms with Crippen LogP contribution in [0, 0.1) is 0 Å². The van der Waals surface area contributed by atoms with Crippen molar-refractivity contribution in [3.8, 4) is 10.4 Å². The fourth-order valence-corrected chi connectivity index (χ4v) is 2.45. The van der Waals surface area contributed by atoms with Crippen LogP contribution in [0.25, 0.3) is 10.4 Å². The lowest BCUT2D eigenvalue weighted by atomic mass is 10.1. The van der Waals surface area contributed by atoms with Crippen molar-refractivity contribution in [2.75, 3.05) is 0 Å². The molecule has 3 nitrogen and oxygen atoms in total. The van der Waals surface area contributed by atoms with Crippen molar-refractivity contribution in [2.45, 2.75) is 6.18 Å². The number of aromatic carboxylic acids is 1. The van der Waals surface area contributed by atoms with Gasteiger partial charge in [0.15, 0.2) is 0 Å². The second-order valence-corrected chi connectivity index (χ2v) is 4.97. The van der Waals surface area contributed by atoms with Crippen molar-refractivity contribution in [2.24, 2.45) is 0 Å². The molecule has 0 aliphatic heterocycles. The SMILES string of the molecule is O=C(O)c1ncc(-c2cc(C(F)(F)F)ccc2Cl)s1. The predicted molar refractivity (Wildman–Crippen MR) is 64.5 cm³/mol. The molecule has 100 valence electrons. The summed E-state index contributed by atoms with van der Waals surface area (Å²) in [5.41, 5.74) is -0.737. The Morgan fingerprint density at radius 2 is 2.05 bits per heavy atom. The molecule has 0 saturated carbocycles. The standard InChI is InChI=1S/C11H5ClF3NO2S/c12-7-2-1-5(11(13,14)15)3-6(7)8-4-16-9(19-8)10(17)18/h1-4H,(H,17,18). The summed E-state index contributed by atoms with van der Waals surface area (Å²) < 4.78 is 37.8. The van der Waals surface area contributed by atoms with Gasteiger partial charge in [0.25, 0.3) is 0 Å². The number of halogens is 4. The highest BCUT2D eigenvalue weighted by Crippen LogP contribution is 2.37. The Morgan fingerprint density at radius 3 is 2.58 bits per heavy atom. The Labute approximate surface area is 114 Å². The maximum atomic E-state index is 12.6. The van der Waals surface area contributed by atoms with Gasteiger partial charge >= 0.3 is 12.1 Å². The van der Waals surface area contributed by atoms with Gasteiger partial charge in [0, 0.05) is 16.8 Å². The summed E-state index contributed by atoms with van der Waals surface area (Å²) in [6.07, 6.45) is -3.30. The van der Waals surface area contributed by atoms with E-state index in [9.17, 15) is 18.0 Å². The third kappa shape index (κ3) is 2.87. The first-order valence-corrected chi connectivity index (χ1v) is 6.04. The van der Waals surface area contributed by atoms with Gasteiger partial charge in [0.05, 0.1) is 10.4 Å². The van der Waals surface area contributed by atoms with E-state index >= 15 is 0 Å². The van der Waals surface area contributed by atoms with Crippen LogP contribution in [0.2, 0.25) is 5.02 Å². The molecule has 0 fully saturated rings. The smallest absolute Gasteiger partial charge is 0.416 e. The number of benzene rings is 1. The van der Waals surface area contributed by atoms with Crippen molar-refractivity contribution in [1.29, 1.82) is 0 Å². The van der Waals surface area contributed by atoms with E-state index in [4.69, 9.17) is 16.7 Å². The van der Waals surface area contributed by atoms with Crippen LogP contribution in [0.1, 0.15) is 15.4 Å². The molecule has 2 aromatic rings. The lowest BCUT2D eigenvalue weighted by Crippen LogP contribution is -2.04. The van der Waals surface area contributed by atoms with Crippen molar-refractivity contribution in [3.05, 3.63) is 40.0 Å². The molecule has 0 bridgehead atoms. The normalized spacial score (nSPS) is 11.6. The Morgan fingerprint density at radius 1 is 1.37 bits per heavy atom. The number of hydrogen-bond donors (Lipinski definition) is 1. The van der Waals surface area contributed by atoms with E-state index < -0.39 is 17.7 Å². The molecule has 0 aliphatic rings. The predicted octanol–water partition coefficient (Wildman–Crippen LogP) is 4.18. The average Bonchev–Trinajstić information content (AvgIpc) is 2.77. The molecule has 0 atom stereocenters. The van der Waals surface area contributed by atoms with Gasteiger partial charge < -0.3 is 5.11 Å². The summed E-state index contributed by atoms with van der Waals surface area (Å²) in [4.78, 5) is 14.6. The van der Waals surface area contributed by atoms with Crippen LogP contribution >= 0.6 is 22.9 Å². The van der Waals surface area contributed by atoms with Crippen LogP contribution in [0.4, 0.5) is 13.2 Å². The first-order chi connectivity index (χ1) is 8.79. The molecule has 0 unspecified atom stereocenters. The third-order valence-electron chi connectivity index (χ3n) is 2.25. The molecule has 0 radical (unpaired) electrons. The Balaban J connectivity index is 2.51. The van der Waals surface area contributed by atoms with E-state index in [1.54, 1.807) is 0 Å². The summed E-state index contributed by atoms with van der Waals surface area (Å²) in [6.45, 7) is 0. The first-order valence-electron chi connectivity index (χ1n) is 4.85. The molecule has 0 saturated heterocycles. The molecule has 0 aliphatic carbocycles. The van der Waals surface area contributed by atoms with E-state index in [0.29, 0.717) is 0 Å². The van der Waals surface area contributed by atoms with Crippen molar-refractivity contribution in [1.82, 2.24) is 4.98 Å². The van der Waals surface area contributed by atoms with Gasteiger partial charge in [-0.2, -0.15) is 13.2 Å². The van der Waals surface area contributed by atoms with Crippen LogP contribution in [-0.2, 0) is 6.18 Å². The van der Waals surface area contributed by atoms with Crippen molar-refractivity contribution < 1.29 is 23.1 Å². The van der Waals surface area contributed by atoms with E-state index in [1.165, 1.54) is 6.20 Å². The number of aromatic nitrogens is 1. The van der Waals surface area contributed by atoms with Gasteiger partial charge in [-0.1, -0.05) is 11.6 Å². The number of rotatable bonds is 2. The molecule has 0 amide bonds. The largest absolute Gasteiger partial charge is 0.476 e. The zero-order valence-electron chi connectivity index (χ0n) is 9.03. The monoisotopic (exact) mass is 307 g/mol. The van der Waals surface area contributed by atoms with Gasteiger partial charge in [0.2, 0.25) is 5.01 Å². The third-order valence-corrected chi connectivity index (χ3v) is 3.60. The summed E-state index contributed by atoms with van der Waals surface area (Å²) in [5, 5.41) is 8.63. The quantitative estimate of drug-likeness (QED) is 0.905. The zero-order valence-corrected chi connectivity index (χ0v) is 10.6. The molecule has 1 aromatic heterocycles. The highest BCUT2D eigenvalue weighted by atomic mass is 35.5.